The van der Waals surface area contributed by atoms with Crippen molar-refractivity contribution in [1.29, 1.82) is 0 Å². The Morgan fingerprint density at radius 1 is 1.05 bits per heavy atom. The molecule has 37 heavy (non-hydrogen) atoms. The molecule has 0 spiro atoms. The van der Waals surface area contributed by atoms with Gasteiger partial charge in [0, 0.05) is 48.0 Å². The van der Waals surface area contributed by atoms with E-state index in [1.165, 1.54) is 0 Å². The monoisotopic (exact) mass is 541 g/mol. The molecule has 0 radical (unpaired) electrons. The quantitative estimate of drug-likeness (QED) is 0.230. The largest absolute Gasteiger partial charge is 0.350 e. The van der Waals surface area contributed by atoms with Gasteiger partial charge in [0.1, 0.15) is 0 Å². The molecule has 2 amide bonds. The van der Waals surface area contributed by atoms with E-state index < -0.39 is 0 Å². The Kier molecular flexibility index (Phi) is 9.77. The van der Waals surface area contributed by atoms with Gasteiger partial charge >= 0.3 is 0 Å². The number of hydrogen-bond donors (Lipinski definition) is 4. The predicted octanol–water partition coefficient (Wildman–Crippen LogP) is 3.92. The Hall–Kier alpha value is -2.68. The van der Waals surface area contributed by atoms with Crippen molar-refractivity contribution in [3.05, 3.63) is 81.8 Å². The Balaban J connectivity index is 1.42. The molecule has 3 aromatic carbocycles. The third-order valence-corrected chi connectivity index (χ3v) is 7.04. The maximum absolute atomic E-state index is 13.5. The Labute approximate surface area is 227 Å². The Morgan fingerprint density at radius 3 is 2.57 bits per heavy atom. The highest BCUT2D eigenvalue weighted by Gasteiger charge is 2.30. The zero-order valence-electron chi connectivity index (χ0n) is 20.7. The van der Waals surface area contributed by atoms with Gasteiger partial charge in [-0.3, -0.25) is 9.59 Å². The molecule has 0 aliphatic carbocycles. The van der Waals surface area contributed by atoms with Gasteiger partial charge in [-0.2, -0.15) is 0 Å². The van der Waals surface area contributed by atoms with E-state index in [0.717, 1.165) is 29.3 Å². The van der Waals surface area contributed by atoms with E-state index in [2.05, 4.69) is 16.0 Å². The van der Waals surface area contributed by atoms with Crippen molar-refractivity contribution in [2.24, 2.45) is 5.73 Å². The number of halogens is 2. The van der Waals surface area contributed by atoms with Crippen molar-refractivity contribution < 1.29 is 9.59 Å². The average Bonchev–Trinajstić information content (AvgIpc) is 3.03. The number of nitrogens with zero attached hydrogens (tertiary/aromatic N) is 1. The molecule has 5 N–H and O–H groups in total. The topological polar surface area (TPSA) is 99.5 Å². The minimum absolute atomic E-state index is 0.0344. The van der Waals surface area contributed by atoms with Gasteiger partial charge in [-0.1, -0.05) is 53.5 Å². The number of carbonyl (C=O) groups excluding carboxylic acids is 2. The first-order valence-corrected chi connectivity index (χ1v) is 13.4. The summed E-state index contributed by atoms with van der Waals surface area (Å²) in [6, 6.07) is 18.6. The van der Waals surface area contributed by atoms with Gasteiger partial charge in [-0.15, -0.1) is 0 Å². The maximum atomic E-state index is 13.5. The number of amides is 2. The van der Waals surface area contributed by atoms with Crippen LogP contribution in [0, 0.1) is 0 Å². The molecule has 2 unspecified atom stereocenters. The van der Waals surface area contributed by atoms with Gasteiger partial charge in [0.15, 0.2) is 0 Å². The van der Waals surface area contributed by atoms with Crippen molar-refractivity contribution in [2.45, 2.75) is 37.9 Å². The number of nitrogens with one attached hydrogen (secondary N) is 3. The summed E-state index contributed by atoms with van der Waals surface area (Å²) in [6.45, 7) is 2.54. The highest BCUT2D eigenvalue weighted by Crippen LogP contribution is 2.22. The highest BCUT2D eigenvalue weighted by atomic mass is 35.5. The average molecular weight is 543 g/mol. The van der Waals surface area contributed by atoms with Crippen LogP contribution < -0.4 is 21.7 Å². The van der Waals surface area contributed by atoms with E-state index in [4.69, 9.17) is 28.9 Å². The summed E-state index contributed by atoms with van der Waals surface area (Å²) in [5, 5.41) is 12.9. The van der Waals surface area contributed by atoms with Gasteiger partial charge in [-0.25, -0.2) is 0 Å². The van der Waals surface area contributed by atoms with Gasteiger partial charge in [0.2, 0.25) is 5.91 Å². The Bertz CT molecular complexity index is 1220. The van der Waals surface area contributed by atoms with Crippen molar-refractivity contribution in [3.63, 3.8) is 0 Å². The molecular formula is C28H33Cl2N5O2. The summed E-state index contributed by atoms with van der Waals surface area (Å²) in [6.07, 6.45) is 2.16. The first-order chi connectivity index (χ1) is 17.9. The smallest absolute Gasteiger partial charge is 0.251 e. The summed E-state index contributed by atoms with van der Waals surface area (Å²) >= 11 is 12.4. The van der Waals surface area contributed by atoms with Crippen LogP contribution >= 0.6 is 23.2 Å². The van der Waals surface area contributed by atoms with E-state index in [1.807, 2.05) is 59.5 Å². The fraction of sp³-hybridized carbons (Fsp3) is 0.357. The molecule has 9 heteroatoms. The van der Waals surface area contributed by atoms with Crippen molar-refractivity contribution in [3.8, 4) is 0 Å². The number of fused-ring (bicyclic) bond motifs is 1. The highest BCUT2D eigenvalue weighted by molar-refractivity contribution is 6.34. The SMILES string of the molecule is NCNCCCC1NC(CNC(=O)c2ccc3ccccc3c2)CCN(Cc2cc(Cl)cc(Cl)c2)C1=O. The molecule has 1 heterocycles. The van der Waals surface area contributed by atoms with E-state index >= 15 is 0 Å². The van der Waals surface area contributed by atoms with Crippen LogP contribution in [0.15, 0.2) is 60.7 Å². The lowest BCUT2D eigenvalue weighted by Crippen LogP contribution is -2.48. The van der Waals surface area contributed by atoms with Gasteiger partial charge in [-0.05, 0) is 72.5 Å². The fourth-order valence-corrected chi connectivity index (χ4v) is 5.28. The minimum Gasteiger partial charge on any atom is -0.350 e. The van der Waals surface area contributed by atoms with E-state index in [0.29, 0.717) is 54.8 Å². The summed E-state index contributed by atoms with van der Waals surface area (Å²) in [4.78, 5) is 28.2. The fourth-order valence-electron chi connectivity index (χ4n) is 4.71. The van der Waals surface area contributed by atoms with Crippen molar-refractivity contribution in [2.75, 3.05) is 26.3 Å². The third kappa shape index (κ3) is 7.66. The summed E-state index contributed by atoms with van der Waals surface area (Å²) < 4.78 is 0. The normalized spacial score (nSPS) is 18.1. The molecule has 4 rings (SSSR count). The second kappa shape index (κ2) is 13.2. The van der Waals surface area contributed by atoms with Crippen molar-refractivity contribution in [1.82, 2.24) is 20.9 Å². The van der Waals surface area contributed by atoms with E-state index in [-0.39, 0.29) is 23.9 Å². The lowest BCUT2D eigenvalue weighted by atomic mass is 10.1. The number of rotatable bonds is 10. The molecule has 1 saturated heterocycles. The number of hydrogen-bond acceptors (Lipinski definition) is 5. The molecular weight excluding hydrogens is 509 g/mol. The molecule has 0 aromatic heterocycles. The molecule has 196 valence electrons. The van der Waals surface area contributed by atoms with Crippen LogP contribution in [0.3, 0.4) is 0 Å². The minimum atomic E-state index is -0.362. The predicted molar refractivity (Wildman–Crippen MR) is 150 cm³/mol. The first-order valence-electron chi connectivity index (χ1n) is 12.6. The molecule has 1 fully saturated rings. The van der Waals surface area contributed by atoms with Crippen LogP contribution in [0.5, 0.6) is 0 Å². The second-order valence-electron chi connectivity index (χ2n) is 9.36. The lowest BCUT2D eigenvalue weighted by molar-refractivity contribution is -0.133. The molecule has 1 aliphatic rings. The van der Waals surface area contributed by atoms with E-state index in [9.17, 15) is 9.59 Å². The molecule has 1 aliphatic heterocycles. The number of carbonyl (C=O) groups is 2. The number of nitrogens with two attached hydrogens (primary N) is 1. The lowest BCUT2D eigenvalue weighted by Gasteiger charge is -2.25. The molecule has 2 atom stereocenters. The van der Waals surface area contributed by atoms with Crippen LogP contribution in [0.4, 0.5) is 0 Å². The molecule has 0 saturated carbocycles. The first kappa shape index (κ1) is 27.4. The summed E-state index contributed by atoms with van der Waals surface area (Å²) in [5.41, 5.74) is 7.04. The zero-order valence-corrected chi connectivity index (χ0v) is 22.2. The third-order valence-electron chi connectivity index (χ3n) is 6.60. The molecule has 0 bridgehead atoms. The number of benzene rings is 3. The van der Waals surface area contributed by atoms with Crippen LogP contribution in [0.2, 0.25) is 10.0 Å². The Morgan fingerprint density at radius 2 is 1.81 bits per heavy atom. The van der Waals surface area contributed by atoms with Gasteiger partial charge in [0.25, 0.3) is 5.91 Å². The summed E-state index contributed by atoms with van der Waals surface area (Å²) in [7, 11) is 0. The van der Waals surface area contributed by atoms with Crippen LogP contribution in [-0.2, 0) is 11.3 Å². The van der Waals surface area contributed by atoms with E-state index in [1.54, 1.807) is 6.07 Å². The van der Waals surface area contributed by atoms with Crippen molar-refractivity contribution >= 4 is 45.8 Å². The second-order valence-corrected chi connectivity index (χ2v) is 10.2. The van der Waals surface area contributed by atoms with Gasteiger partial charge < -0.3 is 26.6 Å². The van der Waals surface area contributed by atoms with Gasteiger partial charge in [0.05, 0.1) is 6.04 Å². The molecule has 7 nitrogen and oxygen atoms in total. The van der Waals surface area contributed by atoms with Crippen LogP contribution in [-0.4, -0.2) is 55.1 Å². The van der Waals surface area contributed by atoms with Crippen LogP contribution in [0.1, 0.15) is 35.2 Å². The zero-order chi connectivity index (χ0) is 26.2. The maximum Gasteiger partial charge on any atom is 0.251 e. The standard InChI is InChI=1S/C28H33Cl2N5O2/c29-23-12-19(13-24(30)15-23)17-35-11-9-25(34-26(28(35)37)6-3-10-32-18-31)16-33-27(36)22-8-7-20-4-1-2-5-21(20)14-22/h1-2,4-5,7-8,12-15,25-26,32,34H,3,6,9-11,16-18,31H2,(H,33,36). The van der Waals surface area contributed by atoms with Crippen LogP contribution in [0.25, 0.3) is 10.8 Å². The summed E-state index contributed by atoms with van der Waals surface area (Å²) in [5.74, 6) is -0.0931. The molecule has 3 aromatic rings.